The minimum Gasteiger partial charge on any atom is -0.393 e. The average molecular weight is 228 g/mol. The van der Waals surface area contributed by atoms with E-state index in [1.165, 1.54) is 0 Å². The third kappa shape index (κ3) is 2.95. The number of rotatable bonds is 3. The molecule has 0 aromatic heterocycles. The van der Waals surface area contributed by atoms with Gasteiger partial charge in [-0.15, -0.1) is 0 Å². The maximum Gasteiger partial charge on any atom is 0.229 e. The summed E-state index contributed by atoms with van der Waals surface area (Å²) in [5.74, 6) is 0.476. The van der Waals surface area contributed by atoms with Gasteiger partial charge in [-0.05, 0) is 39.5 Å². The second kappa shape index (κ2) is 5.15. The fourth-order valence-corrected chi connectivity index (χ4v) is 2.10. The highest BCUT2D eigenvalue weighted by Gasteiger charge is 2.33. The summed E-state index contributed by atoms with van der Waals surface area (Å²) < 4.78 is 0. The number of nitrogens with two attached hydrogens (primary N) is 1. The highest BCUT2D eigenvalue weighted by molar-refractivity contribution is 5.82. The van der Waals surface area contributed by atoms with E-state index in [1.807, 2.05) is 25.7 Å². The molecule has 0 bridgehead atoms. The summed E-state index contributed by atoms with van der Waals surface area (Å²) in [7, 11) is 0. The number of carbonyl (C=O) groups is 1. The van der Waals surface area contributed by atoms with Gasteiger partial charge in [0.15, 0.2) is 0 Å². The molecule has 0 radical (unpaired) electrons. The molecule has 1 aliphatic heterocycles. The predicted octanol–water partition coefficient (Wildman–Crippen LogP) is 0.591. The summed E-state index contributed by atoms with van der Waals surface area (Å²) in [5.41, 5.74) is 5.14. The molecule has 3 N–H and O–H groups in total. The Morgan fingerprint density at radius 2 is 2.00 bits per heavy atom. The number of hydrogen-bond acceptors (Lipinski definition) is 3. The molecule has 1 saturated heterocycles. The van der Waals surface area contributed by atoms with Crippen LogP contribution in [0.25, 0.3) is 0 Å². The molecule has 4 nitrogen and oxygen atoms in total. The van der Waals surface area contributed by atoms with E-state index in [2.05, 4.69) is 0 Å². The second-order valence-electron chi connectivity index (χ2n) is 5.46. The Labute approximate surface area is 97.8 Å². The maximum atomic E-state index is 12.1. The molecule has 1 amide bonds. The fourth-order valence-electron chi connectivity index (χ4n) is 2.10. The lowest BCUT2D eigenvalue weighted by Gasteiger charge is -2.37. The van der Waals surface area contributed by atoms with Crippen LogP contribution in [0.3, 0.4) is 0 Å². The van der Waals surface area contributed by atoms with E-state index < -0.39 is 5.41 Å². The molecule has 94 valence electrons. The lowest BCUT2D eigenvalue weighted by atomic mass is 9.88. The Bertz CT molecular complexity index is 243. The summed E-state index contributed by atoms with van der Waals surface area (Å²) in [6.07, 6.45) is 1.52. The van der Waals surface area contributed by atoms with Crippen molar-refractivity contribution in [2.75, 3.05) is 19.6 Å². The topological polar surface area (TPSA) is 66.6 Å². The molecule has 0 spiro atoms. The molecule has 1 rings (SSSR count). The fraction of sp³-hybridized carbons (Fsp3) is 0.917. The molecular weight excluding hydrogens is 204 g/mol. The van der Waals surface area contributed by atoms with Crippen molar-refractivity contribution in [1.82, 2.24) is 4.90 Å². The van der Waals surface area contributed by atoms with Gasteiger partial charge in [-0.3, -0.25) is 4.79 Å². The highest BCUT2D eigenvalue weighted by atomic mass is 16.3. The number of aliphatic hydroxyl groups is 1. The zero-order valence-corrected chi connectivity index (χ0v) is 10.6. The molecule has 0 saturated carbocycles. The van der Waals surface area contributed by atoms with Gasteiger partial charge in [-0.1, -0.05) is 0 Å². The van der Waals surface area contributed by atoms with Crippen molar-refractivity contribution >= 4 is 5.91 Å². The molecule has 1 unspecified atom stereocenters. The molecule has 0 aromatic carbocycles. The van der Waals surface area contributed by atoms with E-state index in [-0.39, 0.29) is 12.0 Å². The van der Waals surface area contributed by atoms with Crippen LogP contribution in [0.5, 0.6) is 0 Å². The van der Waals surface area contributed by atoms with Crippen molar-refractivity contribution < 1.29 is 9.90 Å². The number of amides is 1. The van der Waals surface area contributed by atoms with Gasteiger partial charge in [0.05, 0.1) is 11.5 Å². The summed E-state index contributed by atoms with van der Waals surface area (Å²) in [5, 5.41) is 9.48. The lowest BCUT2D eigenvalue weighted by Crippen LogP contribution is -2.48. The quantitative estimate of drug-likeness (QED) is 0.743. The van der Waals surface area contributed by atoms with Gasteiger partial charge in [-0.2, -0.15) is 0 Å². The average Bonchev–Trinajstić information content (AvgIpc) is 2.28. The van der Waals surface area contributed by atoms with Crippen LogP contribution in [-0.2, 0) is 4.79 Å². The van der Waals surface area contributed by atoms with Gasteiger partial charge in [0.2, 0.25) is 5.91 Å². The maximum absolute atomic E-state index is 12.1. The second-order valence-corrected chi connectivity index (χ2v) is 5.46. The molecule has 1 fully saturated rings. The molecular formula is C12H24N2O2. The van der Waals surface area contributed by atoms with E-state index in [0.717, 1.165) is 25.9 Å². The van der Waals surface area contributed by atoms with Crippen molar-refractivity contribution in [2.24, 2.45) is 17.1 Å². The van der Waals surface area contributed by atoms with Crippen molar-refractivity contribution in [3.05, 3.63) is 0 Å². The van der Waals surface area contributed by atoms with Crippen LogP contribution < -0.4 is 5.73 Å². The van der Waals surface area contributed by atoms with E-state index >= 15 is 0 Å². The van der Waals surface area contributed by atoms with Crippen LogP contribution in [0.4, 0.5) is 0 Å². The molecule has 1 aliphatic rings. The summed E-state index contributed by atoms with van der Waals surface area (Å²) in [6.45, 7) is 7.47. The molecule has 1 heterocycles. The number of carbonyl (C=O) groups excluding carboxylic acids is 1. The molecule has 16 heavy (non-hydrogen) atoms. The Kier molecular flexibility index (Phi) is 4.33. The standard InChI is InChI=1S/C12H24N2O2/c1-9(15)10-4-6-14(7-5-10)11(16)12(2,3)8-13/h9-10,15H,4-8,13H2,1-3H3. The van der Waals surface area contributed by atoms with E-state index in [9.17, 15) is 9.90 Å². The minimum absolute atomic E-state index is 0.138. The van der Waals surface area contributed by atoms with Crippen LogP contribution >= 0.6 is 0 Å². The van der Waals surface area contributed by atoms with Crippen molar-refractivity contribution in [1.29, 1.82) is 0 Å². The number of piperidine rings is 1. The van der Waals surface area contributed by atoms with Crippen molar-refractivity contribution in [3.8, 4) is 0 Å². The van der Waals surface area contributed by atoms with Crippen molar-refractivity contribution in [3.63, 3.8) is 0 Å². The normalized spacial score (nSPS) is 20.9. The molecule has 0 aliphatic carbocycles. The molecule has 4 heteroatoms. The van der Waals surface area contributed by atoms with Crippen LogP contribution in [0.15, 0.2) is 0 Å². The smallest absolute Gasteiger partial charge is 0.229 e. The van der Waals surface area contributed by atoms with E-state index in [4.69, 9.17) is 5.73 Å². The van der Waals surface area contributed by atoms with Gasteiger partial charge in [0.25, 0.3) is 0 Å². The van der Waals surface area contributed by atoms with Crippen LogP contribution in [-0.4, -0.2) is 41.7 Å². The van der Waals surface area contributed by atoms with Crippen LogP contribution in [0.1, 0.15) is 33.6 Å². The number of nitrogens with zero attached hydrogens (tertiary/aromatic N) is 1. The highest BCUT2D eigenvalue weighted by Crippen LogP contribution is 2.24. The summed E-state index contributed by atoms with van der Waals surface area (Å²) in [6, 6.07) is 0. The first-order chi connectivity index (χ1) is 7.38. The first-order valence-electron chi connectivity index (χ1n) is 6.06. The van der Waals surface area contributed by atoms with Gasteiger partial charge in [0, 0.05) is 19.6 Å². The number of hydrogen-bond donors (Lipinski definition) is 2. The van der Waals surface area contributed by atoms with Crippen molar-refractivity contribution in [2.45, 2.75) is 39.7 Å². The molecule has 0 aromatic rings. The third-order valence-electron chi connectivity index (χ3n) is 3.60. The Morgan fingerprint density at radius 3 is 2.38 bits per heavy atom. The minimum atomic E-state index is -0.461. The zero-order chi connectivity index (χ0) is 12.3. The zero-order valence-electron chi connectivity index (χ0n) is 10.6. The lowest BCUT2D eigenvalue weighted by molar-refractivity contribution is -0.141. The predicted molar refractivity (Wildman–Crippen MR) is 63.8 cm³/mol. The molecule has 1 atom stereocenters. The van der Waals surface area contributed by atoms with Gasteiger partial charge in [-0.25, -0.2) is 0 Å². The first-order valence-corrected chi connectivity index (χ1v) is 6.06. The van der Waals surface area contributed by atoms with Gasteiger partial charge >= 0.3 is 0 Å². The van der Waals surface area contributed by atoms with Crippen LogP contribution in [0.2, 0.25) is 0 Å². The van der Waals surface area contributed by atoms with Gasteiger partial charge < -0.3 is 15.7 Å². The summed E-state index contributed by atoms with van der Waals surface area (Å²) in [4.78, 5) is 14.0. The number of aliphatic hydroxyl groups excluding tert-OH is 1. The monoisotopic (exact) mass is 228 g/mol. The van der Waals surface area contributed by atoms with Crippen LogP contribution in [0, 0.1) is 11.3 Å². The van der Waals surface area contributed by atoms with E-state index in [1.54, 1.807) is 0 Å². The Hall–Kier alpha value is -0.610. The largest absolute Gasteiger partial charge is 0.393 e. The SMILES string of the molecule is CC(O)C1CCN(C(=O)C(C)(C)CN)CC1. The van der Waals surface area contributed by atoms with Gasteiger partial charge in [0.1, 0.15) is 0 Å². The summed E-state index contributed by atoms with van der Waals surface area (Å²) >= 11 is 0. The Balaban J connectivity index is 2.51. The first kappa shape index (κ1) is 13.5. The number of likely N-dealkylation sites (tertiary alicyclic amines) is 1. The Morgan fingerprint density at radius 1 is 1.50 bits per heavy atom. The third-order valence-corrected chi connectivity index (χ3v) is 3.60. The van der Waals surface area contributed by atoms with E-state index in [0.29, 0.717) is 12.5 Å².